The van der Waals surface area contributed by atoms with E-state index < -0.39 is 10.0 Å². The first-order valence-electron chi connectivity index (χ1n) is 10.5. The van der Waals surface area contributed by atoms with Crippen molar-refractivity contribution in [1.29, 1.82) is 0 Å². The van der Waals surface area contributed by atoms with Gasteiger partial charge in [0.15, 0.2) is 0 Å². The summed E-state index contributed by atoms with van der Waals surface area (Å²) >= 11 is 0. The largest absolute Gasteiger partial charge is 0.497 e. The van der Waals surface area contributed by atoms with Crippen LogP contribution in [0.15, 0.2) is 47.4 Å². The van der Waals surface area contributed by atoms with Gasteiger partial charge in [-0.05, 0) is 54.8 Å². The van der Waals surface area contributed by atoms with E-state index in [1.54, 1.807) is 37.4 Å². The second kappa shape index (κ2) is 9.70. The van der Waals surface area contributed by atoms with E-state index in [0.717, 1.165) is 25.2 Å². The highest BCUT2D eigenvalue weighted by Crippen LogP contribution is 2.22. The smallest absolute Gasteiger partial charge is 0.261 e. The molecule has 0 saturated carbocycles. The average molecular weight is 446 g/mol. The Morgan fingerprint density at radius 3 is 2.29 bits per heavy atom. The number of rotatable bonds is 7. The number of carbonyl (C=O) groups is 1. The van der Waals surface area contributed by atoms with Gasteiger partial charge in [-0.25, -0.2) is 8.42 Å². The maximum absolute atomic E-state index is 13.1. The van der Waals surface area contributed by atoms with Crippen LogP contribution in [0.4, 0.5) is 5.69 Å². The fourth-order valence-corrected chi connectivity index (χ4v) is 4.78. The molecule has 1 N–H and O–H groups in total. The molecule has 1 aliphatic rings. The van der Waals surface area contributed by atoms with Gasteiger partial charge in [0.05, 0.1) is 12.0 Å². The summed E-state index contributed by atoms with van der Waals surface area (Å²) in [5.74, 6) is 1.10. The molecule has 8 heteroatoms. The highest BCUT2D eigenvalue weighted by Gasteiger charge is 2.25. The van der Waals surface area contributed by atoms with Crippen LogP contribution >= 0.6 is 0 Å². The van der Waals surface area contributed by atoms with Crippen molar-refractivity contribution in [3.05, 3.63) is 53.6 Å². The number of methoxy groups -OCH3 is 1. The number of aryl methyl sites for hydroxylation is 1. The van der Waals surface area contributed by atoms with Crippen molar-refractivity contribution < 1.29 is 17.9 Å². The summed E-state index contributed by atoms with van der Waals surface area (Å²) in [6, 6.07) is 11.3. The van der Waals surface area contributed by atoms with E-state index in [1.807, 2.05) is 11.8 Å². The van der Waals surface area contributed by atoms with E-state index in [1.165, 1.54) is 12.1 Å². The first-order chi connectivity index (χ1) is 14.7. The van der Waals surface area contributed by atoms with Gasteiger partial charge in [-0.1, -0.05) is 19.9 Å². The predicted molar refractivity (Wildman–Crippen MR) is 122 cm³/mol. The average Bonchev–Trinajstić information content (AvgIpc) is 2.74. The van der Waals surface area contributed by atoms with Crippen LogP contribution < -0.4 is 9.46 Å². The molecule has 168 valence electrons. The Balaban J connectivity index is 1.75. The Labute approximate surface area is 185 Å². The molecule has 0 aromatic heterocycles. The van der Waals surface area contributed by atoms with Crippen molar-refractivity contribution in [2.24, 2.45) is 5.92 Å². The van der Waals surface area contributed by atoms with Crippen LogP contribution in [-0.2, 0) is 10.0 Å². The summed E-state index contributed by atoms with van der Waals surface area (Å²) in [4.78, 5) is 17.4. The molecule has 0 unspecified atom stereocenters. The molecule has 2 aromatic carbocycles. The van der Waals surface area contributed by atoms with E-state index in [-0.39, 0.29) is 10.8 Å². The SMILES string of the molecule is COc1ccc(NS(=O)(=O)c2ccc(C)c(C(=O)N3CCN(CC(C)C)CC3)c2)cc1. The van der Waals surface area contributed by atoms with E-state index >= 15 is 0 Å². The molecule has 0 spiro atoms. The molecular weight excluding hydrogens is 414 g/mol. The van der Waals surface area contributed by atoms with E-state index in [9.17, 15) is 13.2 Å². The van der Waals surface area contributed by atoms with Gasteiger partial charge in [-0.15, -0.1) is 0 Å². The van der Waals surface area contributed by atoms with E-state index in [0.29, 0.717) is 36.0 Å². The molecule has 1 saturated heterocycles. The van der Waals surface area contributed by atoms with Gasteiger partial charge in [0.25, 0.3) is 15.9 Å². The molecule has 3 rings (SSSR count). The summed E-state index contributed by atoms with van der Waals surface area (Å²) in [5.41, 5.74) is 1.61. The molecule has 31 heavy (non-hydrogen) atoms. The standard InChI is InChI=1S/C23H31N3O4S/c1-17(2)16-25-11-13-26(14-12-25)23(27)22-15-21(10-5-18(22)3)31(28,29)24-19-6-8-20(30-4)9-7-19/h5-10,15,17,24H,11-14,16H2,1-4H3. The number of hydrogen-bond donors (Lipinski definition) is 1. The zero-order chi connectivity index (χ0) is 22.6. The first kappa shape index (κ1) is 23.1. The number of anilines is 1. The number of piperazine rings is 1. The van der Waals surface area contributed by atoms with Crippen LogP contribution in [0.5, 0.6) is 5.75 Å². The Kier molecular flexibility index (Phi) is 7.23. The molecule has 0 bridgehead atoms. The molecule has 1 fully saturated rings. The minimum atomic E-state index is -3.83. The number of ether oxygens (including phenoxy) is 1. The molecule has 1 heterocycles. The molecular formula is C23H31N3O4S. The third-order valence-electron chi connectivity index (χ3n) is 5.37. The van der Waals surface area contributed by atoms with Crippen LogP contribution in [-0.4, -0.2) is 64.0 Å². The monoisotopic (exact) mass is 445 g/mol. The van der Waals surface area contributed by atoms with E-state index in [2.05, 4.69) is 23.5 Å². The zero-order valence-corrected chi connectivity index (χ0v) is 19.4. The molecule has 0 radical (unpaired) electrons. The number of nitrogens with one attached hydrogen (secondary N) is 1. The van der Waals surface area contributed by atoms with Crippen LogP contribution in [0.1, 0.15) is 29.8 Å². The zero-order valence-electron chi connectivity index (χ0n) is 18.6. The Morgan fingerprint density at radius 2 is 1.71 bits per heavy atom. The minimum Gasteiger partial charge on any atom is -0.497 e. The van der Waals surface area contributed by atoms with Crippen molar-refractivity contribution in [1.82, 2.24) is 9.80 Å². The fraction of sp³-hybridized carbons (Fsp3) is 0.435. The molecule has 0 aliphatic carbocycles. The van der Waals surface area contributed by atoms with Crippen molar-refractivity contribution in [2.75, 3.05) is 44.6 Å². The summed E-state index contributed by atoms with van der Waals surface area (Å²) in [6.45, 7) is 10.2. The number of hydrogen-bond acceptors (Lipinski definition) is 5. The molecule has 0 atom stereocenters. The van der Waals surface area contributed by atoms with Gasteiger partial charge in [0.1, 0.15) is 5.75 Å². The first-order valence-corrected chi connectivity index (χ1v) is 12.0. The van der Waals surface area contributed by atoms with Crippen LogP contribution in [0, 0.1) is 12.8 Å². The van der Waals surface area contributed by atoms with Gasteiger partial charge in [-0.3, -0.25) is 14.4 Å². The summed E-state index contributed by atoms with van der Waals surface area (Å²) in [6.07, 6.45) is 0. The lowest BCUT2D eigenvalue weighted by Crippen LogP contribution is -2.49. The summed E-state index contributed by atoms with van der Waals surface area (Å²) in [7, 11) is -2.28. The lowest BCUT2D eigenvalue weighted by atomic mass is 10.1. The van der Waals surface area contributed by atoms with Gasteiger partial charge in [0, 0.05) is 44.0 Å². The third kappa shape index (κ3) is 5.77. The second-order valence-corrected chi connectivity index (χ2v) is 9.98. The fourth-order valence-electron chi connectivity index (χ4n) is 3.69. The highest BCUT2D eigenvalue weighted by molar-refractivity contribution is 7.92. The predicted octanol–water partition coefficient (Wildman–Crippen LogP) is 3.22. The Bertz CT molecular complexity index is 1010. The quantitative estimate of drug-likeness (QED) is 0.708. The van der Waals surface area contributed by atoms with Gasteiger partial charge in [0.2, 0.25) is 0 Å². The van der Waals surface area contributed by atoms with E-state index in [4.69, 9.17) is 4.74 Å². The van der Waals surface area contributed by atoms with Crippen LogP contribution in [0.2, 0.25) is 0 Å². The second-order valence-electron chi connectivity index (χ2n) is 8.30. The third-order valence-corrected chi connectivity index (χ3v) is 6.75. The normalized spacial score (nSPS) is 15.2. The Hall–Kier alpha value is -2.58. The molecule has 2 aromatic rings. The maximum atomic E-state index is 13.1. The molecule has 1 amide bonds. The van der Waals surface area contributed by atoms with Crippen molar-refractivity contribution in [2.45, 2.75) is 25.7 Å². The van der Waals surface area contributed by atoms with Gasteiger partial charge < -0.3 is 9.64 Å². The minimum absolute atomic E-state index is 0.0655. The van der Waals surface area contributed by atoms with Crippen molar-refractivity contribution in [3.8, 4) is 5.75 Å². The number of benzene rings is 2. The highest BCUT2D eigenvalue weighted by atomic mass is 32.2. The lowest BCUT2D eigenvalue weighted by molar-refractivity contribution is 0.0623. The maximum Gasteiger partial charge on any atom is 0.261 e. The Morgan fingerprint density at radius 1 is 1.06 bits per heavy atom. The topological polar surface area (TPSA) is 78.9 Å². The van der Waals surface area contributed by atoms with Crippen molar-refractivity contribution in [3.63, 3.8) is 0 Å². The number of nitrogens with zero attached hydrogens (tertiary/aromatic N) is 2. The number of amides is 1. The van der Waals surface area contributed by atoms with Gasteiger partial charge >= 0.3 is 0 Å². The van der Waals surface area contributed by atoms with Crippen molar-refractivity contribution >= 4 is 21.6 Å². The lowest BCUT2D eigenvalue weighted by Gasteiger charge is -2.35. The number of sulfonamides is 1. The molecule has 7 nitrogen and oxygen atoms in total. The summed E-state index contributed by atoms with van der Waals surface area (Å²) in [5, 5.41) is 0. The van der Waals surface area contributed by atoms with Gasteiger partial charge in [-0.2, -0.15) is 0 Å². The van der Waals surface area contributed by atoms with Crippen LogP contribution in [0.25, 0.3) is 0 Å². The molecule has 1 aliphatic heterocycles. The summed E-state index contributed by atoms with van der Waals surface area (Å²) < 4.78 is 33.4. The van der Waals surface area contributed by atoms with Crippen LogP contribution in [0.3, 0.4) is 0 Å². The number of carbonyl (C=O) groups excluding carboxylic acids is 1.